The normalized spacial score (nSPS) is 14.9. The molecule has 5 nitrogen and oxygen atoms in total. The zero-order valence-corrected chi connectivity index (χ0v) is 15.4. The average molecular weight is 357 g/mol. The van der Waals surface area contributed by atoms with Crippen molar-refractivity contribution in [3.05, 3.63) is 23.8 Å². The number of piperidine rings is 1. The zero-order chi connectivity index (χ0) is 16.7. The second-order valence-corrected chi connectivity index (χ2v) is 5.99. The van der Waals surface area contributed by atoms with Crippen molar-refractivity contribution in [3.63, 3.8) is 0 Å². The molecule has 0 spiro atoms. The van der Waals surface area contributed by atoms with Crippen LogP contribution in [0.4, 0.5) is 0 Å². The van der Waals surface area contributed by atoms with E-state index in [1.165, 1.54) is 0 Å². The van der Waals surface area contributed by atoms with Gasteiger partial charge in [0.15, 0.2) is 11.5 Å². The van der Waals surface area contributed by atoms with E-state index >= 15 is 0 Å². The van der Waals surface area contributed by atoms with Crippen LogP contribution in [0.3, 0.4) is 0 Å². The van der Waals surface area contributed by atoms with Crippen molar-refractivity contribution >= 4 is 18.3 Å². The number of rotatable bonds is 7. The van der Waals surface area contributed by atoms with Gasteiger partial charge in [-0.15, -0.1) is 12.4 Å². The van der Waals surface area contributed by atoms with E-state index in [4.69, 9.17) is 15.2 Å². The summed E-state index contributed by atoms with van der Waals surface area (Å²) in [7, 11) is 0. The van der Waals surface area contributed by atoms with Crippen molar-refractivity contribution in [3.8, 4) is 11.5 Å². The lowest BCUT2D eigenvalue weighted by molar-refractivity contribution is 0.0714. The van der Waals surface area contributed by atoms with E-state index < -0.39 is 0 Å². The smallest absolute Gasteiger partial charge is 0.253 e. The first-order valence-corrected chi connectivity index (χ1v) is 8.60. The quantitative estimate of drug-likeness (QED) is 0.814. The van der Waals surface area contributed by atoms with Gasteiger partial charge < -0.3 is 20.1 Å². The zero-order valence-electron chi connectivity index (χ0n) is 14.6. The van der Waals surface area contributed by atoms with E-state index in [0.29, 0.717) is 30.3 Å². The highest BCUT2D eigenvalue weighted by Gasteiger charge is 2.22. The van der Waals surface area contributed by atoms with Gasteiger partial charge in [0, 0.05) is 24.7 Å². The van der Waals surface area contributed by atoms with Gasteiger partial charge in [-0.1, -0.05) is 13.8 Å². The molecule has 6 heteroatoms. The van der Waals surface area contributed by atoms with Crippen molar-refractivity contribution in [1.82, 2.24) is 4.90 Å². The minimum absolute atomic E-state index is 0. The van der Waals surface area contributed by atoms with E-state index in [2.05, 4.69) is 13.8 Å². The molecule has 136 valence electrons. The summed E-state index contributed by atoms with van der Waals surface area (Å²) in [5.41, 5.74) is 6.56. The van der Waals surface area contributed by atoms with Crippen molar-refractivity contribution in [2.24, 2.45) is 5.73 Å². The Balaban J connectivity index is 0.00000288. The van der Waals surface area contributed by atoms with E-state index in [9.17, 15) is 4.79 Å². The Morgan fingerprint density at radius 3 is 2.29 bits per heavy atom. The largest absolute Gasteiger partial charge is 0.490 e. The summed E-state index contributed by atoms with van der Waals surface area (Å²) >= 11 is 0. The topological polar surface area (TPSA) is 64.8 Å². The fourth-order valence-corrected chi connectivity index (χ4v) is 2.58. The molecule has 24 heavy (non-hydrogen) atoms. The summed E-state index contributed by atoms with van der Waals surface area (Å²) in [5.74, 6) is 1.40. The number of hydrogen-bond donors (Lipinski definition) is 1. The molecule has 1 heterocycles. The number of nitrogens with zero attached hydrogens (tertiary/aromatic N) is 1. The summed E-state index contributed by atoms with van der Waals surface area (Å²) in [6.45, 7) is 6.81. The standard InChI is InChI=1S/C18H28N2O3.ClH/c1-3-11-22-16-6-5-14(13-17(16)23-12-4-2)18(21)20-9-7-15(19)8-10-20;/h5-6,13,15H,3-4,7-12,19H2,1-2H3;1H. The first kappa shape index (κ1) is 20.6. The highest BCUT2D eigenvalue weighted by molar-refractivity contribution is 5.95. The molecule has 1 aromatic rings. The second-order valence-electron chi connectivity index (χ2n) is 5.99. The maximum Gasteiger partial charge on any atom is 0.253 e. The van der Waals surface area contributed by atoms with Crippen LogP contribution in [0, 0.1) is 0 Å². The number of benzene rings is 1. The molecule has 1 aliphatic rings. The van der Waals surface area contributed by atoms with Crippen LogP contribution in [0.2, 0.25) is 0 Å². The van der Waals surface area contributed by atoms with Crippen LogP contribution in [0.5, 0.6) is 11.5 Å². The molecule has 1 aromatic carbocycles. The van der Waals surface area contributed by atoms with Crippen molar-refractivity contribution in [2.75, 3.05) is 26.3 Å². The molecule has 1 amide bonds. The Bertz CT molecular complexity index is 517. The van der Waals surface area contributed by atoms with Crippen LogP contribution in [-0.4, -0.2) is 43.2 Å². The number of amides is 1. The molecule has 0 atom stereocenters. The van der Waals surface area contributed by atoms with Gasteiger partial charge in [-0.05, 0) is 43.9 Å². The third-order valence-electron chi connectivity index (χ3n) is 3.94. The monoisotopic (exact) mass is 356 g/mol. The molecule has 1 aliphatic heterocycles. The van der Waals surface area contributed by atoms with Gasteiger partial charge in [-0.2, -0.15) is 0 Å². The lowest BCUT2D eigenvalue weighted by atomic mass is 10.0. The summed E-state index contributed by atoms with van der Waals surface area (Å²) in [6, 6.07) is 5.68. The highest BCUT2D eigenvalue weighted by Crippen LogP contribution is 2.29. The Hall–Kier alpha value is -1.46. The van der Waals surface area contributed by atoms with Crippen LogP contribution < -0.4 is 15.2 Å². The summed E-state index contributed by atoms with van der Waals surface area (Å²) in [5, 5.41) is 0. The molecule has 0 saturated carbocycles. The van der Waals surface area contributed by atoms with Gasteiger partial charge in [0.25, 0.3) is 5.91 Å². The summed E-state index contributed by atoms with van der Waals surface area (Å²) in [4.78, 5) is 14.5. The number of nitrogens with two attached hydrogens (primary N) is 1. The van der Waals surface area contributed by atoms with E-state index in [1.807, 2.05) is 17.0 Å². The molecule has 0 aromatic heterocycles. The second kappa shape index (κ2) is 10.4. The van der Waals surface area contributed by atoms with Gasteiger partial charge in [-0.25, -0.2) is 0 Å². The van der Waals surface area contributed by atoms with E-state index in [-0.39, 0.29) is 24.4 Å². The number of ether oxygens (including phenoxy) is 2. The molecule has 0 radical (unpaired) electrons. The van der Waals surface area contributed by atoms with Gasteiger partial charge in [0.05, 0.1) is 13.2 Å². The lowest BCUT2D eigenvalue weighted by Crippen LogP contribution is -2.42. The fraction of sp³-hybridized carbons (Fsp3) is 0.611. The predicted octanol–water partition coefficient (Wildman–Crippen LogP) is 3.25. The molecule has 1 fully saturated rings. The van der Waals surface area contributed by atoms with Gasteiger partial charge in [0.1, 0.15) is 0 Å². The highest BCUT2D eigenvalue weighted by atomic mass is 35.5. The maximum atomic E-state index is 12.6. The number of carbonyl (C=O) groups excluding carboxylic acids is 1. The Morgan fingerprint density at radius 2 is 1.71 bits per heavy atom. The third kappa shape index (κ3) is 5.56. The molecule has 2 N–H and O–H groups in total. The van der Waals surface area contributed by atoms with Crippen LogP contribution in [-0.2, 0) is 0 Å². The molecule has 0 unspecified atom stereocenters. The number of halogens is 1. The minimum Gasteiger partial charge on any atom is -0.490 e. The third-order valence-corrected chi connectivity index (χ3v) is 3.94. The number of hydrogen-bond acceptors (Lipinski definition) is 4. The lowest BCUT2D eigenvalue weighted by Gasteiger charge is -2.30. The maximum absolute atomic E-state index is 12.6. The van der Waals surface area contributed by atoms with Gasteiger partial charge >= 0.3 is 0 Å². The number of likely N-dealkylation sites (tertiary alicyclic amines) is 1. The van der Waals surface area contributed by atoms with Crippen LogP contribution in [0.25, 0.3) is 0 Å². The van der Waals surface area contributed by atoms with Crippen LogP contribution in [0.1, 0.15) is 49.9 Å². The fourth-order valence-electron chi connectivity index (χ4n) is 2.58. The van der Waals surface area contributed by atoms with Crippen LogP contribution >= 0.6 is 12.4 Å². The molecule has 1 saturated heterocycles. The Morgan fingerprint density at radius 1 is 1.12 bits per heavy atom. The van der Waals surface area contributed by atoms with Crippen molar-refractivity contribution in [1.29, 1.82) is 0 Å². The van der Waals surface area contributed by atoms with Crippen molar-refractivity contribution in [2.45, 2.75) is 45.6 Å². The van der Waals surface area contributed by atoms with Gasteiger partial charge in [-0.3, -0.25) is 4.79 Å². The van der Waals surface area contributed by atoms with Gasteiger partial charge in [0.2, 0.25) is 0 Å². The first-order chi connectivity index (χ1) is 11.2. The molecular formula is C18H29ClN2O3. The molecule has 2 rings (SSSR count). The van der Waals surface area contributed by atoms with E-state index in [1.54, 1.807) is 6.07 Å². The minimum atomic E-state index is 0. The van der Waals surface area contributed by atoms with E-state index in [0.717, 1.165) is 38.8 Å². The molecule has 0 bridgehead atoms. The predicted molar refractivity (Wildman–Crippen MR) is 98.4 cm³/mol. The Labute approximate surface area is 150 Å². The summed E-state index contributed by atoms with van der Waals surface area (Å²) in [6.07, 6.45) is 3.57. The first-order valence-electron chi connectivity index (χ1n) is 8.60. The molecular weight excluding hydrogens is 328 g/mol. The molecule has 0 aliphatic carbocycles. The Kier molecular flexibility index (Phi) is 8.93. The SMILES string of the molecule is CCCOc1ccc(C(=O)N2CCC(N)CC2)cc1OCCC.Cl. The van der Waals surface area contributed by atoms with Crippen molar-refractivity contribution < 1.29 is 14.3 Å². The van der Waals surface area contributed by atoms with Crippen LogP contribution in [0.15, 0.2) is 18.2 Å². The average Bonchev–Trinajstić information content (AvgIpc) is 2.58. The number of carbonyl (C=O) groups is 1. The summed E-state index contributed by atoms with van der Waals surface area (Å²) < 4.78 is 11.5.